The van der Waals surface area contributed by atoms with E-state index in [-0.39, 0.29) is 48.0 Å². The summed E-state index contributed by atoms with van der Waals surface area (Å²) in [7, 11) is 0. The van der Waals surface area contributed by atoms with Crippen LogP contribution in [0.5, 0.6) is 0 Å². The first kappa shape index (κ1) is 25.6. The van der Waals surface area contributed by atoms with E-state index >= 15 is 0 Å². The van der Waals surface area contributed by atoms with Crippen LogP contribution in [0.2, 0.25) is 0 Å². The standard InChI is InChI=1S/C27H34F3N5O2/c1-17(2)32-26(37)33-13-10-20(11-14-33)35-24(18-7-8-18)22(15-31-35)25(36)34-12-9-19(16-34)21-5-3-4-6-23(21)27(28,29)30/h3-6,15,17-20H,7-14,16H2,1-2H3,(H,32,37)/t19-/m1/s1. The van der Waals surface area contributed by atoms with Crippen LogP contribution in [0.4, 0.5) is 18.0 Å². The molecule has 1 aromatic carbocycles. The molecule has 2 saturated heterocycles. The fourth-order valence-electron chi connectivity index (χ4n) is 5.72. The van der Waals surface area contributed by atoms with E-state index in [9.17, 15) is 22.8 Å². The lowest BCUT2D eigenvalue weighted by molar-refractivity contribution is -0.138. The van der Waals surface area contributed by atoms with Gasteiger partial charge in [0.2, 0.25) is 0 Å². The van der Waals surface area contributed by atoms with Crippen molar-refractivity contribution in [3.63, 3.8) is 0 Å². The Morgan fingerprint density at radius 1 is 0.973 bits per heavy atom. The van der Waals surface area contributed by atoms with Gasteiger partial charge in [-0.1, -0.05) is 18.2 Å². The molecule has 0 radical (unpaired) electrons. The molecule has 3 aliphatic rings. The quantitative estimate of drug-likeness (QED) is 0.595. The Morgan fingerprint density at radius 3 is 2.30 bits per heavy atom. The Kier molecular flexibility index (Phi) is 6.93. The van der Waals surface area contributed by atoms with Crippen molar-refractivity contribution in [1.29, 1.82) is 0 Å². The summed E-state index contributed by atoms with van der Waals surface area (Å²) in [6, 6.07) is 5.83. The maximum absolute atomic E-state index is 13.6. The van der Waals surface area contributed by atoms with E-state index in [1.54, 1.807) is 17.2 Å². The van der Waals surface area contributed by atoms with Gasteiger partial charge in [0, 0.05) is 44.1 Å². The molecule has 1 aromatic heterocycles. The van der Waals surface area contributed by atoms with Crippen LogP contribution in [-0.4, -0.2) is 63.7 Å². The van der Waals surface area contributed by atoms with Gasteiger partial charge in [-0.3, -0.25) is 9.48 Å². The molecule has 1 atom stereocenters. The third-order valence-electron chi connectivity index (χ3n) is 7.72. The Bertz CT molecular complexity index is 1150. The van der Waals surface area contributed by atoms with E-state index < -0.39 is 11.7 Å². The third kappa shape index (κ3) is 5.33. The van der Waals surface area contributed by atoms with E-state index in [0.29, 0.717) is 31.6 Å². The van der Waals surface area contributed by atoms with Crippen LogP contribution < -0.4 is 5.32 Å². The average Bonchev–Trinajstić information content (AvgIpc) is 3.41. The predicted octanol–water partition coefficient (Wildman–Crippen LogP) is 5.16. The highest BCUT2D eigenvalue weighted by Crippen LogP contribution is 2.44. The summed E-state index contributed by atoms with van der Waals surface area (Å²) in [6.07, 6.45) is 1.26. The van der Waals surface area contributed by atoms with Crippen LogP contribution >= 0.6 is 0 Å². The maximum Gasteiger partial charge on any atom is 0.416 e. The summed E-state index contributed by atoms with van der Waals surface area (Å²) < 4.78 is 42.7. The van der Waals surface area contributed by atoms with Gasteiger partial charge in [0.1, 0.15) is 0 Å². The molecule has 1 N–H and O–H groups in total. The zero-order valence-electron chi connectivity index (χ0n) is 21.3. The van der Waals surface area contributed by atoms with Crippen LogP contribution in [0.1, 0.15) is 91.0 Å². The molecule has 2 aliphatic heterocycles. The number of benzene rings is 1. The number of likely N-dealkylation sites (tertiary alicyclic amines) is 2. The van der Waals surface area contributed by atoms with Crippen LogP contribution in [0, 0.1) is 0 Å². The Balaban J connectivity index is 1.30. The summed E-state index contributed by atoms with van der Waals surface area (Å²) >= 11 is 0. The first-order valence-corrected chi connectivity index (χ1v) is 13.2. The molecule has 0 unspecified atom stereocenters. The summed E-state index contributed by atoms with van der Waals surface area (Å²) in [5.41, 5.74) is 1.17. The number of rotatable bonds is 5. The lowest BCUT2D eigenvalue weighted by atomic mass is 9.93. The molecule has 3 heterocycles. The number of halogens is 3. The van der Waals surface area contributed by atoms with E-state index in [4.69, 9.17) is 0 Å². The first-order valence-electron chi connectivity index (χ1n) is 13.2. The van der Waals surface area contributed by atoms with Gasteiger partial charge in [-0.05, 0) is 57.6 Å². The maximum atomic E-state index is 13.6. The monoisotopic (exact) mass is 517 g/mol. The average molecular weight is 518 g/mol. The van der Waals surface area contributed by atoms with E-state index in [0.717, 1.165) is 37.4 Å². The van der Waals surface area contributed by atoms with Crippen LogP contribution in [0.25, 0.3) is 0 Å². The van der Waals surface area contributed by atoms with Gasteiger partial charge < -0.3 is 15.1 Å². The Hall–Kier alpha value is -3.04. The molecule has 5 rings (SSSR count). The molecule has 1 saturated carbocycles. The van der Waals surface area contributed by atoms with E-state index in [1.165, 1.54) is 12.1 Å². The van der Waals surface area contributed by atoms with Crippen molar-refractivity contribution >= 4 is 11.9 Å². The lowest BCUT2D eigenvalue weighted by Crippen LogP contribution is -2.46. The molecular weight excluding hydrogens is 483 g/mol. The highest BCUT2D eigenvalue weighted by atomic mass is 19.4. The molecule has 2 aromatic rings. The zero-order chi connectivity index (χ0) is 26.3. The van der Waals surface area contributed by atoms with E-state index in [1.807, 2.05) is 23.4 Å². The molecule has 7 nitrogen and oxygen atoms in total. The fourth-order valence-corrected chi connectivity index (χ4v) is 5.72. The molecule has 10 heteroatoms. The molecule has 200 valence electrons. The van der Waals surface area contributed by atoms with Crippen LogP contribution in [0.3, 0.4) is 0 Å². The van der Waals surface area contributed by atoms with Crippen LogP contribution in [0.15, 0.2) is 30.5 Å². The number of hydrogen-bond donors (Lipinski definition) is 1. The molecule has 1 aliphatic carbocycles. The number of carbonyl (C=O) groups is 2. The number of amides is 3. The number of hydrogen-bond acceptors (Lipinski definition) is 3. The van der Waals surface area contributed by atoms with Gasteiger partial charge >= 0.3 is 12.2 Å². The highest BCUT2D eigenvalue weighted by Gasteiger charge is 2.40. The van der Waals surface area contributed by atoms with Gasteiger partial charge in [0.15, 0.2) is 0 Å². The summed E-state index contributed by atoms with van der Waals surface area (Å²) in [5, 5.41) is 7.57. The van der Waals surface area contributed by atoms with Crippen molar-refractivity contribution in [2.45, 2.75) is 76.0 Å². The number of alkyl halides is 3. The molecule has 0 bridgehead atoms. The van der Waals surface area contributed by atoms with Crippen molar-refractivity contribution < 1.29 is 22.8 Å². The molecule has 3 fully saturated rings. The van der Waals surface area contributed by atoms with Crippen LogP contribution in [-0.2, 0) is 6.18 Å². The van der Waals surface area contributed by atoms with Gasteiger partial charge in [-0.2, -0.15) is 18.3 Å². The summed E-state index contributed by atoms with van der Waals surface area (Å²) in [6.45, 7) is 5.82. The van der Waals surface area contributed by atoms with Crippen molar-refractivity contribution in [2.75, 3.05) is 26.2 Å². The Labute approximate surface area is 215 Å². The number of nitrogens with one attached hydrogen (secondary N) is 1. The van der Waals surface area contributed by atoms with Gasteiger partial charge in [-0.15, -0.1) is 0 Å². The number of piperidine rings is 1. The fraction of sp³-hybridized carbons (Fsp3) is 0.593. The minimum atomic E-state index is -4.42. The van der Waals surface area contributed by atoms with E-state index in [2.05, 4.69) is 10.4 Å². The number of nitrogens with zero attached hydrogens (tertiary/aromatic N) is 4. The molecule has 0 spiro atoms. The van der Waals surface area contributed by atoms with Crippen molar-refractivity contribution in [3.05, 3.63) is 52.8 Å². The summed E-state index contributed by atoms with van der Waals surface area (Å²) in [4.78, 5) is 29.5. The lowest BCUT2D eigenvalue weighted by Gasteiger charge is -2.33. The minimum absolute atomic E-state index is 0.0529. The highest BCUT2D eigenvalue weighted by molar-refractivity contribution is 5.95. The normalized spacial score (nSPS) is 21.1. The SMILES string of the molecule is CC(C)NC(=O)N1CCC(n2ncc(C(=O)N3CC[C@@H](c4ccccc4C(F)(F)F)C3)c2C2CC2)CC1. The third-order valence-corrected chi connectivity index (χ3v) is 7.72. The second kappa shape index (κ2) is 10.0. The number of aromatic nitrogens is 2. The number of carbonyl (C=O) groups excluding carboxylic acids is 2. The predicted molar refractivity (Wildman–Crippen MR) is 132 cm³/mol. The number of urea groups is 1. The van der Waals surface area contributed by atoms with Crippen molar-refractivity contribution in [2.24, 2.45) is 0 Å². The summed E-state index contributed by atoms with van der Waals surface area (Å²) in [5.74, 6) is -0.204. The molecular formula is C27H34F3N5O2. The second-order valence-corrected chi connectivity index (χ2v) is 10.8. The van der Waals surface area contributed by atoms with Gasteiger partial charge in [0.25, 0.3) is 5.91 Å². The second-order valence-electron chi connectivity index (χ2n) is 10.8. The van der Waals surface area contributed by atoms with Crippen molar-refractivity contribution in [3.8, 4) is 0 Å². The Morgan fingerprint density at radius 2 is 1.65 bits per heavy atom. The van der Waals surface area contributed by atoms with Gasteiger partial charge in [0.05, 0.1) is 29.1 Å². The topological polar surface area (TPSA) is 70.5 Å². The van der Waals surface area contributed by atoms with Crippen molar-refractivity contribution in [1.82, 2.24) is 24.9 Å². The largest absolute Gasteiger partial charge is 0.416 e. The molecule has 37 heavy (non-hydrogen) atoms. The van der Waals surface area contributed by atoms with Gasteiger partial charge in [-0.25, -0.2) is 4.79 Å². The smallest absolute Gasteiger partial charge is 0.338 e. The molecule has 3 amide bonds. The zero-order valence-corrected chi connectivity index (χ0v) is 21.3. The minimum Gasteiger partial charge on any atom is -0.338 e. The first-order chi connectivity index (χ1) is 17.6.